The van der Waals surface area contributed by atoms with Crippen molar-refractivity contribution < 1.29 is 4.74 Å². The molecule has 0 aromatic rings. The number of rotatable bonds is 5. The smallest absolute Gasteiger partial charge is 0.0771 e. The van der Waals surface area contributed by atoms with E-state index < -0.39 is 0 Å². The summed E-state index contributed by atoms with van der Waals surface area (Å²) in [5.41, 5.74) is 0.703. The van der Waals surface area contributed by atoms with Crippen LogP contribution < -0.4 is 0 Å². The second-order valence-electron chi connectivity index (χ2n) is 6.04. The fourth-order valence-corrected chi connectivity index (χ4v) is 3.21. The van der Waals surface area contributed by atoms with Gasteiger partial charge in [-0.3, -0.25) is 0 Å². The van der Waals surface area contributed by atoms with Crippen molar-refractivity contribution in [3.05, 3.63) is 0 Å². The lowest BCUT2D eigenvalue weighted by molar-refractivity contribution is -0.0239. The van der Waals surface area contributed by atoms with Crippen LogP contribution in [0, 0.1) is 5.41 Å². The molecule has 0 amide bonds. The molecule has 90 valence electrons. The van der Waals surface area contributed by atoms with Crippen LogP contribution in [-0.4, -0.2) is 16.6 Å². The van der Waals surface area contributed by atoms with E-state index in [0.29, 0.717) is 5.41 Å². The Hall–Kier alpha value is 0.690. The zero-order chi connectivity index (χ0) is 11.4. The number of hydrogen-bond acceptors (Lipinski definition) is 1. The molecule has 0 aromatic heterocycles. The highest BCUT2D eigenvalue weighted by atomic mass is 127. The van der Waals surface area contributed by atoms with Crippen molar-refractivity contribution >= 4 is 22.6 Å². The van der Waals surface area contributed by atoms with Gasteiger partial charge < -0.3 is 4.74 Å². The van der Waals surface area contributed by atoms with E-state index in [1.165, 1.54) is 43.0 Å². The quantitative estimate of drug-likeness (QED) is 0.409. The van der Waals surface area contributed by atoms with Gasteiger partial charge in [0.1, 0.15) is 0 Å². The van der Waals surface area contributed by atoms with E-state index in [-0.39, 0.29) is 5.60 Å². The minimum atomic E-state index is 0.248. The van der Waals surface area contributed by atoms with Gasteiger partial charge in [-0.2, -0.15) is 0 Å². The van der Waals surface area contributed by atoms with Crippen molar-refractivity contribution in [2.75, 3.05) is 11.0 Å². The molecule has 0 spiro atoms. The molecule has 1 rings (SSSR count). The van der Waals surface area contributed by atoms with Gasteiger partial charge in [-0.1, -0.05) is 56.2 Å². The third kappa shape index (κ3) is 5.03. The van der Waals surface area contributed by atoms with E-state index in [1.807, 2.05) is 0 Å². The molecule has 0 aromatic carbocycles. The Labute approximate surface area is 108 Å². The summed E-state index contributed by atoms with van der Waals surface area (Å²) in [5.74, 6) is 0. The molecule has 1 fully saturated rings. The van der Waals surface area contributed by atoms with E-state index in [2.05, 4.69) is 43.4 Å². The first kappa shape index (κ1) is 13.8. The molecule has 0 saturated heterocycles. The average molecular weight is 324 g/mol. The molecular weight excluding hydrogens is 299 g/mol. The molecule has 2 heteroatoms. The van der Waals surface area contributed by atoms with E-state index in [4.69, 9.17) is 4.74 Å². The van der Waals surface area contributed by atoms with E-state index in [9.17, 15) is 0 Å². The van der Waals surface area contributed by atoms with Crippen molar-refractivity contribution in [2.24, 2.45) is 5.41 Å². The van der Waals surface area contributed by atoms with Crippen molar-refractivity contribution in [3.8, 4) is 0 Å². The first-order valence-electron chi connectivity index (χ1n) is 6.17. The van der Waals surface area contributed by atoms with Gasteiger partial charge in [0.05, 0.1) is 5.60 Å². The van der Waals surface area contributed by atoms with Crippen molar-refractivity contribution in [3.63, 3.8) is 0 Å². The Morgan fingerprint density at radius 3 is 2.27 bits per heavy atom. The number of halogens is 1. The third-order valence-corrected chi connectivity index (χ3v) is 4.63. The van der Waals surface area contributed by atoms with Crippen molar-refractivity contribution in [2.45, 2.75) is 64.9 Å². The van der Waals surface area contributed by atoms with Gasteiger partial charge in [-0.25, -0.2) is 0 Å². The van der Waals surface area contributed by atoms with Crippen molar-refractivity contribution in [1.82, 2.24) is 0 Å². The second-order valence-corrected chi connectivity index (χ2v) is 6.80. The topological polar surface area (TPSA) is 9.23 Å². The summed E-state index contributed by atoms with van der Waals surface area (Å²) < 4.78 is 7.29. The van der Waals surface area contributed by atoms with E-state index >= 15 is 0 Å². The van der Waals surface area contributed by atoms with Gasteiger partial charge in [0.15, 0.2) is 0 Å². The molecule has 0 bridgehead atoms. The van der Waals surface area contributed by atoms with Crippen LogP contribution >= 0.6 is 22.6 Å². The average Bonchev–Trinajstić information content (AvgIpc) is 2.60. The zero-order valence-electron chi connectivity index (χ0n) is 10.4. The molecule has 1 nitrogen and oxygen atoms in total. The normalized spacial score (nSPS) is 20.8. The fourth-order valence-electron chi connectivity index (χ4n) is 2.23. The Morgan fingerprint density at radius 2 is 1.80 bits per heavy atom. The number of alkyl halides is 1. The lowest BCUT2D eigenvalue weighted by Gasteiger charge is -2.28. The van der Waals surface area contributed by atoms with Crippen LogP contribution in [0.1, 0.15) is 59.3 Å². The Kier molecular flexibility index (Phi) is 5.37. The monoisotopic (exact) mass is 324 g/mol. The molecule has 0 atom stereocenters. The minimum Gasteiger partial charge on any atom is -0.374 e. The maximum atomic E-state index is 6.13. The first-order valence-corrected chi connectivity index (χ1v) is 7.70. The van der Waals surface area contributed by atoms with Crippen LogP contribution in [0.15, 0.2) is 0 Å². The number of hydrogen-bond donors (Lipinski definition) is 0. The molecule has 15 heavy (non-hydrogen) atoms. The molecule has 1 aliphatic carbocycles. The molecule has 0 aliphatic heterocycles. The molecule has 0 unspecified atom stereocenters. The fraction of sp³-hybridized carbons (Fsp3) is 1.00. The standard InChI is InChI=1S/C13H25IO/c1-12(2,3)7-6-10-15-13(11-14)8-4-5-9-13/h4-11H2,1-3H3. The van der Waals surface area contributed by atoms with Gasteiger partial charge in [0, 0.05) is 11.0 Å². The maximum absolute atomic E-state index is 6.13. The SMILES string of the molecule is CC(C)(C)CCCOC1(CI)CCCC1. The summed E-state index contributed by atoms with van der Waals surface area (Å²) in [6, 6.07) is 0. The first-order chi connectivity index (χ1) is 6.97. The van der Waals surface area contributed by atoms with Gasteiger partial charge in [-0.05, 0) is 31.1 Å². The van der Waals surface area contributed by atoms with Crippen LogP contribution in [0.5, 0.6) is 0 Å². The summed E-state index contributed by atoms with van der Waals surface area (Å²) in [6.07, 6.45) is 7.77. The zero-order valence-corrected chi connectivity index (χ0v) is 12.6. The highest BCUT2D eigenvalue weighted by molar-refractivity contribution is 14.1. The minimum absolute atomic E-state index is 0.248. The highest BCUT2D eigenvalue weighted by Crippen LogP contribution is 2.35. The maximum Gasteiger partial charge on any atom is 0.0771 e. The summed E-state index contributed by atoms with van der Waals surface area (Å²) in [5, 5.41) is 0. The van der Waals surface area contributed by atoms with Crippen LogP contribution in [0.25, 0.3) is 0 Å². The van der Waals surface area contributed by atoms with Gasteiger partial charge in [-0.15, -0.1) is 0 Å². The van der Waals surface area contributed by atoms with Gasteiger partial charge in [0.2, 0.25) is 0 Å². The molecule has 0 heterocycles. The molecule has 0 radical (unpaired) electrons. The molecule has 1 saturated carbocycles. The Morgan fingerprint density at radius 1 is 1.20 bits per heavy atom. The van der Waals surface area contributed by atoms with Crippen LogP contribution in [-0.2, 0) is 4.74 Å². The second kappa shape index (κ2) is 5.85. The third-order valence-electron chi connectivity index (χ3n) is 3.24. The Balaban J connectivity index is 2.18. The summed E-state index contributed by atoms with van der Waals surface area (Å²) in [7, 11) is 0. The van der Waals surface area contributed by atoms with Crippen LogP contribution in [0.2, 0.25) is 0 Å². The Bertz CT molecular complexity index is 177. The highest BCUT2D eigenvalue weighted by Gasteiger charge is 2.33. The summed E-state index contributed by atoms with van der Waals surface area (Å²) in [6.45, 7) is 7.87. The van der Waals surface area contributed by atoms with Crippen LogP contribution in [0.3, 0.4) is 0 Å². The van der Waals surface area contributed by atoms with E-state index in [1.54, 1.807) is 0 Å². The summed E-state index contributed by atoms with van der Waals surface area (Å²) in [4.78, 5) is 0. The predicted molar refractivity (Wildman–Crippen MR) is 74.7 cm³/mol. The molecule has 0 N–H and O–H groups in total. The molecule has 1 aliphatic rings. The van der Waals surface area contributed by atoms with Gasteiger partial charge >= 0.3 is 0 Å². The van der Waals surface area contributed by atoms with Crippen LogP contribution in [0.4, 0.5) is 0 Å². The van der Waals surface area contributed by atoms with Crippen molar-refractivity contribution in [1.29, 1.82) is 0 Å². The lowest BCUT2D eigenvalue weighted by atomic mass is 9.91. The molecular formula is C13H25IO. The summed E-state index contributed by atoms with van der Waals surface area (Å²) >= 11 is 2.49. The van der Waals surface area contributed by atoms with E-state index in [0.717, 1.165) is 6.61 Å². The largest absolute Gasteiger partial charge is 0.374 e. The lowest BCUT2D eigenvalue weighted by Crippen LogP contribution is -2.31. The van der Waals surface area contributed by atoms with Gasteiger partial charge in [0.25, 0.3) is 0 Å². The predicted octanol–water partition coefficient (Wildman–Crippen LogP) is 4.58. The number of ether oxygens (including phenoxy) is 1.